The van der Waals surface area contributed by atoms with Crippen LogP contribution in [0.4, 0.5) is 29.2 Å². The Labute approximate surface area is 230 Å². The van der Waals surface area contributed by atoms with E-state index in [0.29, 0.717) is 17.6 Å². The summed E-state index contributed by atoms with van der Waals surface area (Å²) in [6, 6.07) is 15.1. The first-order valence-electron chi connectivity index (χ1n) is 12.1. The number of nitrogens with zero attached hydrogens (tertiary/aromatic N) is 3. The number of nitrogen functional groups attached to an aromatic ring is 1. The summed E-state index contributed by atoms with van der Waals surface area (Å²) in [6.45, 7) is 1.87. The molecule has 0 spiro atoms. The lowest BCUT2D eigenvalue weighted by molar-refractivity contribution is -0.137. The summed E-state index contributed by atoms with van der Waals surface area (Å²) in [6.07, 6.45) is -2.59. The van der Waals surface area contributed by atoms with Gasteiger partial charge >= 0.3 is 6.18 Å². The van der Waals surface area contributed by atoms with Crippen molar-refractivity contribution < 1.29 is 22.4 Å². The highest BCUT2D eigenvalue weighted by atomic mass is 32.1. The molecule has 7 nitrogen and oxygen atoms in total. The van der Waals surface area contributed by atoms with Crippen molar-refractivity contribution >= 4 is 39.8 Å². The molecular formula is C28H22F4N6OS. The summed E-state index contributed by atoms with van der Waals surface area (Å²) in [5.41, 5.74) is 6.91. The van der Waals surface area contributed by atoms with Crippen LogP contribution in [-0.4, -0.2) is 20.9 Å². The predicted molar refractivity (Wildman–Crippen MR) is 146 cm³/mol. The minimum absolute atomic E-state index is 0.00221. The maximum absolute atomic E-state index is 13.4. The third-order valence-corrected chi connectivity index (χ3v) is 7.35. The average molecular weight is 567 g/mol. The number of carbonyl (C=O) groups excluding carboxylic acids is 1. The van der Waals surface area contributed by atoms with Crippen molar-refractivity contribution in [3.8, 4) is 10.4 Å². The van der Waals surface area contributed by atoms with Crippen molar-refractivity contribution in [3.05, 3.63) is 101 Å². The Morgan fingerprint density at radius 2 is 1.80 bits per heavy atom. The topological polar surface area (TPSA) is 106 Å². The number of nitrogens with two attached hydrogens (primary N) is 1. The SMILES string of the molecule is CC(NC(=O)c1cc(C(F)(F)F)cnc1NCc1ccc(-c2ccc3ncnc(N)c3c2)s1)c1ccc(F)cc1. The maximum Gasteiger partial charge on any atom is 0.417 e. The van der Waals surface area contributed by atoms with Gasteiger partial charge in [0, 0.05) is 21.3 Å². The number of thiophene rings is 1. The predicted octanol–water partition coefficient (Wildman–Crippen LogP) is 6.60. The van der Waals surface area contributed by atoms with E-state index in [0.717, 1.165) is 32.3 Å². The van der Waals surface area contributed by atoms with Gasteiger partial charge in [0.05, 0.1) is 29.2 Å². The number of pyridine rings is 1. The first-order valence-corrected chi connectivity index (χ1v) is 12.9. The van der Waals surface area contributed by atoms with Gasteiger partial charge in [0.1, 0.15) is 23.8 Å². The number of benzene rings is 2. The molecule has 0 bridgehead atoms. The number of alkyl halides is 3. The fraction of sp³-hybridized carbons (Fsp3) is 0.143. The summed E-state index contributed by atoms with van der Waals surface area (Å²) in [7, 11) is 0. The van der Waals surface area contributed by atoms with Crippen molar-refractivity contribution in [2.45, 2.75) is 25.7 Å². The summed E-state index contributed by atoms with van der Waals surface area (Å²) in [4.78, 5) is 27.0. The van der Waals surface area contributed by atoms with Gasteiger partial charge in [0.25, 0.3) is 5.91 Å². The van der Waals surface area contributed by atoms with Crippen LogP contribution < -0.4 is 16.4 Å². The fourth-order valence-electron chi connectivity index (χ4n) is 4.07. The number of halogens is 4. The molecule has 204 valence electrons. The summed E-state index contributed by atoms with van der Waals surface area (Å²) >= 11 is 1.47. The lowest BCUT2D eigenvalue weighted by Crippen LogP contribution is -2.28. The molecule has 5 rings (SSSR count). The average Bonchev–Trinajstić information content (AvgIpc) is 3.41. The zero-order valence-electron chi connectivity index (χ0n) is 21.0. The van der Waals surface area contributed by atoms with Gasteiger partial charge in [0.15, 0.2) is 0 Å². The van der Waals surface area contributed by atoms with Crippen LogP contribution >= 0.6 is 11.3 Å². The van der Waals surface area contributed by atoms with Gasteiger partial charge in [-0.2, -0.15) is 13.2 Å². The second-order valence-corrected chi connectivity index (χ2v) is 10.1. The Balaban J connectivity index is 1.36. The van der Waals surface area contributed by atoms with Crippen LogP contribution in [0.25, 0.3) is 21.3 Å². The van der Waals surface area contributed by atoms with Gasteiger partial charge in [-0.25, -0.2) is 19.3 Å². The van der Waals surface area contributed by atoms with Gasteiger partial charge in [-0.3, -0.25) is 4.79 Å². The lowest BCUT2D eigenvalue weighted by Gasteiger charge is -2.17. The molecule has 3 heterocycles. The number of rotatable bonds is 7. The van der Waals surface area contributed by atoms with E-state index < -0.39 is 29.5 Å². The van der Waals surface area contributed by atoms with Crippen LogP contribution in [0.5, 0.6) is 0 Å². The molecule has 0 fully saturated rings. The molecular weight excluding hydrogens is 544 g/mol. The molecule has 0 radical (unpaired) electrons. The molecule has 3 aromatic heterocycles. The van der Waals surface area contributed by atoms with Crippen LogP contribution in [-0.2, 0) is 12.7 Å². The zero-order valence-corrected chi connectivity index (χ0v) is 21.8. The molecule has 0 aliphatic carbocycles. The smallest absolute Gasteiger partial charge is 0.383 e. The molecule has 12 heteroatoms. The number of amides is 1. The Morgan fingerprint density at radius 1 is 1.02 bits per heavy atom. The van der Waals surface area contributed by atoms with E-state index in [4.69, 9.17) is 5.73 Å². The Hall–Kier alpha value is -4.58. The number of hydrogen-bond donors (Lipinski definition) is 3. The molecule has 0 saturated heterocycles. The van der Waals surface area contributed by atoms with Crippen molar-refractivity contribution in [1.82, 2.24) is 20.3 Å². The second kappa shape index (κ2) is 10.9. The van der Waals surface area contributed by atoms with Crippen LogP contribution in [0.3, 0.4) is 0 Å². The number of nitrogens with one attached hydrogen (secondary N) is 2. The quantitative estimate of drug-likeness (QED) is 0.192. The monoisotopic (exact) mass is 566 g/mol. The first-order chi connectivity index (χ1) is 19.1. The second-order valence-electron chi connectivity index (χ2n) is 8.97. The van der Waals surface area contributed by atoms with E-state index in [1.165, 1.54) is 41.9 Å². The van der Waals surface area contributed by atoms with Gasteiger partial charge in [-0.15, -0.1) is 11.3 Å². The largest absolute Gasteiger partial charge is 0.417 e. The molecule has 0 aliphatic heterocycles. The Kier molecular flexibility index (Phi) is 7.35. The maximum atomic E-state index is 13.4. The number of fused-ring (bicyclic) bond motifs is 1. The Bertz CT molecular complexity index is 1690. The number of aromatic nitrogens is 3. The van der Waals surface area contributed by atoms with E-state index in [9.17, 15) is 22.4 Å². The van der Waals surface area contributed by atoms with Crippen LogP contribution in [0.2, 0.25) is 0 Å². The van der Waals surface area contributed by atoms with Gasteiger partial charge in [-0.05, 0) is 60.5 Å². The molecule has 1 amide bonds. The van der Waals surface area contributed by atoms with E-state index in [1.54, 1.807) is 6.92 Å². The Morgan fingerprint density at radius 3 is 2.55 bits per heavy atom. The highest BCUT2D eigenvalue weighted by Crippen LogP contribution is 2.33. The number of anilines is 2. The van der Waals surface area contributed by atoms with Crippen LogP contribution in [0.15, 0.2) is 73.2 Å². The third-order valence-electron chi connectivity index (χ3n) is 6.22. The van der Waals surface area contributed by atoms with Gasteiger partial charge in [-0.1, -0.05) is 18.2 Å². The highest BCUT2D eigenvalue weighted by Gasteiger charge is 2.33. The molecule has 1 atom stereocenters. The molecule has 1 unspecified atom stereocenters. The first kappa shape index (κ1) is 27.0. The lowest BCUT2D eigenvalue weighted by atomic mass is 10.1. The molecule has 0 saturated carbocycles. The highest BCUT2D eigenvalue weighted by molar-refractivity contribution is 7.15. The minimum atomic E-state index is -4.68. The van der Waals surface area contributed by atoms with Crippen LogP contribution in [0, 0.1) is 5.82 Å². The van der Waals surface area contributed by atoms with Crippen molar-refractivity contribution in [2.75, 3.05) is 11.1 Å². The van der Waals surface area contributed by atoms with E-state index in [2.05, 4.69) is 25.6 Å². The number of carbonyl (C=O) groups is 1. The molecule has 4 N–H and O–H groups in total. The minimum Gasteiger partial charge on any atom is -0.383 e. The van der Waals surface area contributed by atoms with Crippen molar-refractivity contribution in [2.24, 2.45) is 0 Å². The zero-order chi connectivity index (χ0) is 28.4. The molecule has 2 aromatic carbocycles. The number of hydrogen-bond acceptors (Lipinski definition) is 7. The molecule has 0 aliphatic rings. The molecule has 5 aromatic rings. The van der Waals surface area contributed by atoms with E-state index in [1.807, 2.05) is 30.3 Å². The summed E-state index contributed by atoms with van der Waals surface area (Å²) < 4.78 is 53.5. The standard InChI is InChI=1S/C28H22F4N6OS/c1-15(16-2-5-19(29)6-3-16)38-27(39)22-11-18(28(30,31)32)12-34-26(22)35-13-20-7-9-24(40-20)17-4-8-23-21(10-17)25(33)37-14-36-23/h2-12,14-15H,13H2,1H3,(H,34,35)(H,38,39)(H2,33,36,37). The van der Waals surface area contributed by atoms with Crippen LogP contribution in [0.1, 0.15) is 39.3 Å². The van der Waals surface area contributed by atoms with Crippen molar-refractivity contribution in [1.29, 1.82) is 0 Å². The van der Waals surface area contributed by atoms with Gasteiger partial charge < -0.3 is 16.4 Å². The van der Waals surface area contributed by atoms with Crippen molar-refractivity contribution in [3.63, 3.8) is 0 Å². The van der Waals surface area contributed by atoms with Gasteiger partial charge in [0.2, 0.25) is 0 Å². The van der Waals surface area contributed by atoms with E-state index in [-0.39, 0.29) is 17.9 Å². The molecule has 40 heavy (non-hydrogen) atoms. The summed E-state index contributed by atoms with van der Waals surface area (Å²) in [5.74, 6) is -0.812. The normalized spacial score (nSPS) is 12.3. The summed E-state index contributed by atoms with van der Waals surface area (Å²) in [5, 5.41) is 6.39. The van der Waals surface area contributed by atoms with E-state index >= 15 is 0 Å². The fourth-order valence-corrected chi connectivity index (χ4v) is 5.02. The third kappa shape index (κ3) is 5.86.